The summed E-state index contributed by atoms with van der Waals surface area (Å²) in [6, 6.07) is 61.5. The Hall–Kier alpha value is -6.75. The second kappa shape index (κ2) is 16.5. The average Bonchev–Trinajstić information content (AvgIpc) is 3.80. The molecule has 11 rings (SSSR count). The minimum Gasteiger partial charge on any atom is -0.493 e. The molecule has 10 aromatic rings. The molecular weight excluding hydrogens is 1020 g/mol. The summed E-state index contributed by atoms with van der Waals surface area (Å²) in [7, 11) is 0. The third-order valence-corrected chi connectivity index (χ3v) is 14.6. The topological polar surface area (TPSA) is 46.1 Å². The average molecular weight is 1070 g/mol. The quantitative estimate of drug-likeness (QED) is 0.149. The fourth-order valence-electron chi connectivity index (χ4n) is 9.73. The zero-order valence-electron chi connectivity index (χ0n) is 39.8. The Balaban J connectivity index is 1.07. The van der Waals surface area contributed by atoms with E-state index in [0.29, 0.717) is 18.1 Å². The number of benzene rings is 7. The third kappa shape index (κ3) is 7.64. The van der Waals surface area contributed by atoms with Crippen molar-refractivity contribution in [1.29, 1.82) is 0 Å². The van der Waals surface area contributed by atoms with E-state index >= 15 is 0 Å². The van der Waals surface area contributed by atoms with Crippen LogP contribution in [0.15, 0.2) is 158 Å². The molecule has 0 saturated carbocycles. The van der Waals surface area contributed by atoms with E-state index in [1.807, 2.05) is 24.4 Å². The summed E-state index contributed by atoms with van der Waals surface area (Å²) in [4.78, 5) is 4.96. The van der Waals surface area contributed by atoms with Crippen LogP contribution in [0.2, 0.25) is 0 Å². The van der Waals surface area contributed by atoms with Gasteiger partial charge in [-0.15, -0.1) is 0 Å². The number of fused-ring (bicyclic) bond motifs is 5. The van der Waals surface area contributed by atoms with E-state index in [0.717, 1.165) is 77.1 Å². The van der Waals surface area contributed by atoms with E-state index in [-0.39, 0.29) is 16.2 Å². The maximum atomic E-state index is 6.80. The second-order valence-electron chi connectivity index (χ2n) is 20.7. The van der Waals surface area contributed by atoms with Crippen LogP contribution < -0.4 is 9.47 Å². The Morgan fingerprint density at radius 3 is 1.90 bits per heavy atom. The van der Waals surface area contributed by atoms with Crippen molar-refractivity contribution in [3.05, 3.63) is 190 Å². The number of aromatic nitrogens is 4. The molecule has 0 saturated heterocycles. The number of ether oxygens (including phenoxy) is 2. The fraction of sp³-hybridized carbons (Fsp3) is 0.213. The van der Waals surface area contributed by atoms with Crippen molar-refractivity contribution in [1.82, 2.24) is 18.7 Å². The molecule has 7 heteroatoms. The summed E-state index contributed by atoms with van der Waals surface area (Å²) in [5.41, 5.74) is 14.3. The number of para-hydroxylation sites is 2. The molecule has 0 radical (unpaired) electrons. The van der Waals surface area contributed by atoms with Crippen molar-refractivity contribution >= 4 is 32.8 Å². The van der Waals surface area contributed by atoms with Crippen molar-refractivity contribution < 1.29 is 28.8 Å². The first-order chi connectivity index (χ1) is 32.6. The van der Waals surface area contributed by atoms with Crippen molar-refractivity contribution in [3.8, 4) is 56.7 Å². The predicted molar refractivity (Wildman–Crippen MR) is 274 cm³/mol. The van der Waals surface area contributed by atoms with Crippen LogP contribution in [-0.4, -0.2) is 25.3 Å². The van der Waals surface area contributed by atoms with Crippen LogP contribution in [0, 0.1) is 15.9 Å². The van der Waals surface area contributed by atoms with E-state index in [2.05, 4.69) is 234 Å². The maximum absolute atomic E-state index is 6.80. The molecule has 6 nitrogen and oxygen atoms in total. The third-order valence-electron chi connectivity index (χ3n) is 13.6. The molecule has 3 aromatic heterocycles. The monoisotopic (exact) mass is 1070 g/mol. The van der Waals surface area contributed by atoms with Gasteiger partial charge < -0.3 is 4.74 Å². The van der Waals surface area contributed by atoms with Crippen molar-refractivity contribution in [2.75, 3.05) is 6.61 Å². The number of hydrogen-bond acceptors (Lipinski definition) is 3. The van der Waals surface area contributed by atoms with Gasteiger partial charge in [-0.05, 0) is 34.4 Å². The zero-order chi connectivity index (χ0) is 47.1. The Bertz CT molecular complexity index is 3580. The smallest absolute Gasteiger partial charge is 0.493 e. The van der Waals surface area contributed by atoms with Crippen LogP contribution >= 0.6 is 0 Å². The predicted octanol–water partition coefficient (Wildman–Crippen LogP) is 15.4. The van der Waals surface area contributed by atoms with E-state index in [4.69, 9.17) is 14.5 Å². The first-order valence-corrected chi connectivity index (χ1v) is 24.6. The van der Waals surface area contributed by atoms with Crippen LogP contribution in [0.3, 0.4) is 0 Å². The molecule has 0 fully saturated rings. The van der Waals surface area contributed by atoms with Gasteiger partial charge in [0.25, 0.3) is 0 Å². The standard InChI is InChI=1S/C61H54N4O2.Pt/c1-59(2,3)42-28-30-62-57(34-42)65-54-36-46(26-27-47(54)50-37-51-56(38-55(50)65)66-31-29-61(51,7)8)67-45-23-17-22-44(35-45)63-39-64(53-25-16-15-24-52(53)63)58-48(40-18-11-9-12-19-40)32-43(60(4,5)6)33-49(58)41-20-13-10-14-21-41;/h9-28,30,32-34,37-38H,29,31H2,1-8H3;/q-2;. The molecule has 342 valence electrons. The Morgan fingerprint density at radius 1 is 0.603 bits per heavy atom. The van der Waals surface area contributed by atoms with Crippen LogP contribution in [0.4, 0.5) is 0 Å². The molecule has 4 heterocycles. The van der Waals surface area contributed by atoms with Gasteiger partial charge in [0.2, 0.25) is 0 Å². The van der Waals surface area contributed by atoms with Gasteiger partial charge in [-0.25, -0.2) is 0 Å². The molecule has 1 aliphatic rings. The van der Waals surface area contributed by atoms with Gasteiger partial charge in [0.1, 0.15) is 5.75 Å². The Labute approximate surface area is 409 Å². The van der Waals surface area contributed by atoms with Gasteiger partial charge in [0.15, 0.2) is 0 Å². The van der Waals surface area contributed by atoms with E-state index in [1.54, 1.807) is 0 Å². The molecule has 0 aliphatic carbocycles. The number of nitrogens with zero attached hydrogens (tertiary/aromatic N) is 4. The molecule has 0 amide bonds. The Morgan fingerprint density at radius 2 is 1.24 bits per heavy atom. The van der Waals surface area contributed by atoms with Crippen molar-refractivity contribution in [2.24, 2.45) is 0 Å². The first kappa shape index (κ1) is 43.8. The summed E-state index contributed by atoms with van der Waals surface area (Å²) >= 11 is 2.50. The summed E-state index contributed by atoms with van der Waals surface area (Å²) in [5.74, 6) is 2.93. The van der Waals surface area contributed by atoms with Crippen LogP contribution in [0.5, 0.6) is 17.2 Å². The SMILES string of the molecule is CC(C)(C)c1ccnc(-n2c3[c-]c(Oc4[c-]c(-n5[c](=[Pt])n(-c6c(-c7ccccc7)cc(C(C)(C)C)cc6-c6ccccc6)c6ccccc65)ccc4)ccc3c3cc4c(cc32)OCCC4(C)C)c1. The summed E-state index contributed by atoms with van der Waals surface area (Å²) in [6.07, 6.45) is 2.87. The molecule has 68 heavy (non-hydrogen) atoms. The second-order valence-corrected chi connectivity index (χ2v) is 21.7. The van der Waals surface area contributed by atoms with Gasteiger partial charge >= 0.3 is 320 Å². The molecular formula is C61H54N4O2Pt-2. The summed E-state index contributed by atoms with van der Waals surface area (Å²) in [6.45, 7) is 18.9. The fourth-order valence-corrected chi connectivity index (χ4v) is 10.8. The molecule has 0 spiro atoms. The summed E-state index contributed by atoms with van der Waals surface area (Å²) in [5, 5.41) is 2.22. The van der Waals surface area contributed by atoms with E-state index in [1.165, 1.54) is 27.8 Å². The molecule has 0 N–H and O–H groups in total. The minimum atomic E-state index is -0.0781. The van der Waals surface area contributed by atoms with Crippen molar-refractivity contribution in [3.63, 3.8) is 0 Å². The van der Waals surface area contributed by atoms with E-state index < -0.39 is 0 Å². The van der Waals surface area contributed by atoms with Gasteiger partial charge in [-0.1, -0.05) is 34.6 Å². The van der Waals surface area contributed by atoms with Crippen LogP contribution in [0.25, 0.3) is 72.3 Å². The summed E-state index contributed by atoms with van der Waals surface area (Å²) < 4.78 is 21.1. The molecule has 1 aliphatic heterocycles. The van der Waals surface area contributed by atoms with Crippen LogP contribution in [0.1, 0.15) is 78.5 Å². The van der Waals surface area contributed by atoms with Gasteiger partial charge in [-0.3, -0.25) is 0 Å². The zero-order valence-corrected chi connectivity index (χ0v) is 42.1. The number of rotatable bonds is 7. The van der Waals surface area contributed by atoms with Gasteiger partial charge in [0.05, 0.1) is 6.61 Å². The molecule has 0 bridgehead atoms. The molecule has 0 unspecified atom stereocenters. The van der Waals surface area contributed by atoms with Gasteiger partial charge in [-0.2, -0.15) is 0 Å². The Kier molecular flexibility index (Phi) is 10.6. The van der Waals surface area contributed by atoms with Crippen molar-refractivity contribution in [2.45, 2.75) is 78.1 Å². The van der Waals surface area contributed by atoms with Crippen LogP contribution in [-0.2, 0) is 35.6 Å². The molecule has 7 aromatic carbocycles. The molecule has 0 atom stereocenters. The van der Waals surface area contributed by atoms with E-state index in [9.17, 15) is 0 Å². The number of pyridine rings is 1. The number of imidazole rings is 1. The number of hydrogen-bond donors (Lipinski definition) is 0. The first-order valence-electron chi connectivity index (χ1n) is 23.5. The normalized spacial score (nSPS) is 13.8. The van der Waals surface area contributed by atoms with Gasteiger partial charge in [0, 0.05) is 6.20 Å². The minimum absolute atomic E-state index is 0.0123.